The van der Waals surface area contributed by atoms with Crippen molar-refractivity contribution in [3.8, 4) is 18.0 Å². The molecule has 0 amide bonds. The molecule has 2 aromatic heterocycles. The molecule has 3 aromatic rings. The number of hydrogen-bond donors (Lipinski definition) is 1. The van der Waals surface area contributed by atoms with Crippen LogP contribution in [-0.4, -0.2) is 39.4 Å². The van der Waals surface area contributed by atoms with Crippen LogP contribution in [-0.2, 0) is 0 Å². The molecule has 34 heavy (non-hydrogen) atoms. The molecule has 2 N–H and O–H groups in total. The summed E-state index contributed by atoms with van der Waals surface area (Å²) in [4.78, 5) is 6.67. The molecule has 4 rings (SSSR count). The van der Waals surface area contributed by atoms with Crippen molar-refractivity contribution in [3.63, 3.8) is 0 Å². The van der Waals surface area contributed by atoms with Crippen LogP contribution in [0.4, 0.5) is 0 Å². The van der Waals surface area contributed by atoms with Gasteiger partial charge in [0.05, 0.1) is 23.9 Å². The average molecular weight is 454 g/mol. The summed E-state index contributed by atoms with van der Waals surface area (Å²) in [7, 11) is 0. The Hall–Kier alpha value is -4.30. The first-order valence-electron chi connectivity index (χ1n) is 11.3. The highest BCUT2D eigenvalue weighted by molar-refractivity contribution is 6.22. The topological polar surface area (TPSA) is 116 Å². The van der Waals surface area contributed by atoms with Crippen molar-refractivity contribution >= 4 is 16.8 Å². The van der Waals surface area contributed by atoms with Gasteiger partial charge in [-0.2, -0.15) is 15.6 Å². The molecule has 1 unspecified atom stereocenters. The number of piperidine rings is 1. The number of benzene rings is 1. The molecule has 172 valence electrons. The molecule has 8 heteroatoms. The summed E-state index contributed by atoms with van der Waals surface area (Å²) in [5.74, 6) is 0.643. The van der Waals surface area contributed by atoms with Gasteiger partial charge < -0.3 is 15.4 Å². The minimum Gasteiger partial charge on any atom is -0.484 e. The van der Waals surface area contributed by atoms with Crippen LogP contribution in [0.2, 0.25) is 0 Å². The number of fused-ring (bicyclic) bond motifs is 1. The van der Waals surface area contributed by atoms with E-state index in [4.69, 9.17) is 20.7 Å². The fraction of sp³-hybridized carbons (Fsp3) is 0.308. The quantitative estimate of drug-likeness (QED) is 0.445. The van der Waals surface area contributed by atoms with Crippen molar-refractivity contribution in [2.45, 2.75) is 38.8 Å². The van der Waals surface area contributed by atoms with Crippen molar-refractivity contribution in [2.24, 2.45) is 10.7 Å². The summed E-state index contributed by atoms with van der Waals surface area (Å²) in [5.41, 5.74) is 10.8. The SMILES string of the molecule is CC(=NC1CCN(C#N)CC1)/C(=C\N)c1cc(OC(C)c2ccccc2C#N)c2ccnn2c1. The highest BCUT2D eigenvalue weighted by Gasteiger charge is 2.20. The predicted octanol–water partition coefficient (Wildman–Crippen LogP) is 4.05. The maximum Gasteiger partial charge on any atom is 0.179 e. The Balaban J connectivity index is 1.64. The average Bonchev–Trinajstić information content (AvgIpc) is 3.34. The number of nitrogens with zero attached hydrogens (tertiary/aromatic N) is 6. The molecule has 8 nitrogen and oxygen atoms in total. The van der Waals surface area contributed by atoms with E-state index in [0.717, 1.165) is 53.9 Å². The van der Waals surface area contributed by atoms with Crippen LogP contribution < -0.4 is 10.5 Å². The number of nitrogens with two attached hydrogens (primary N) is 1. The van der Waals surface area contributed by atoms with Gasteiger partial charge in [-0.3, -0.25) is 4.99 Å². The van der Waals surface area contributed by atoms with Gasteiger partial charge in [0.2, 0.25) is 0 Å². The molecule has 0 aliphatic carbocycles. The maximum absolute atomic E-state index is 9.47. The fourth-order valence-electron chi connectivity index (χ4n) is 4.31. The lowest BCUT2D eigenvalue weighted by Crippen LogP contribution is -2.32. The van der Waals surface area contributed by atoms with Crippen LogP contribution in [0, 0.1) is 22.8 Å². The first-order valence-corrected chi connectivity index (χ1v) is 11.3. The second-order valence-electron chi connectivity index (χ2n) is 8.33. The van der Waals surface area contributed by atoms with Crippen LogP contribution >= 0.6 is 0 Å². The Morgan fingerprint density at radius 3 is 2.74 bits per heavy atom. The van der Waals surface area contributed by atoms with Crippen molar-refractivity contribution in [2.75, 3.05) is 13.1 Å². The molecule has 3 heterocycles. The molecule has 1 aromatic carbocycles. The van der Waals surface area contributed by atoms with Crippen LogP contribution in [0.1, 0.15) is 49.5 Å². The van der Waals surface area contributed by atoms with E-state index in [1.54, 1.807) is 27.9 Å². The summed E-state index contributed by atoms with van der Waals surface area (Å²) in [6.07, 6.45) is 8.73. The number of aliphatic imine (C=N–C) groups is 1. The number of ether oxygens (including phenoxy) is 1. The van der Waals surface area contributed by atoms with Crippen LogP contribution in [0.25, 0.3) is 11.1 Å². The third-order valence-corrected chi connectivity index (χ3v) is 6.14. The minimum absolute atomic E-state index is 0.159. The summed E-state index contributed by atoms with van der Waals surface area (Å²) in [5, 5.41) is 22.9. The van der Waals surface area contributed by atoms with Gasteiger partial charge in [-0.15, -0.1) is 0 Å². The number of pyridine rings is 1. The molecule has 1 aliphatic rings. The Kier molecular flexibility index (Phi) is 6.79. The first-order chi connectivity index (χ1) is 16.5. The lowest BCUT2D eigenvalue weighted by atomic mass is 10.0. The number of likely N-dealkylation sites (tertiary alicyclic amines) is 1. The monoisotopic (exact) mass is 453 g/mol. The van der Waals surface area contributed by atoms with E-state index in [0.29, 0.717) is 11.3 Å². The van der Waals surface area contributed by atoms with E-state index < -0.39 is 0 Å². The second kappa shape index (κ2) is 10.1. The number of aromatic nitrogens is 2. The molecule has 1 saturated heterocycles. The molecule has 0 bridgehead atoms. The zero-order valence-electron chi connectivity index (χ0n) is 19.3. The van der Waals surface area contributed by atoms with Gasteiger partial charge >= 0.3 is 0 Å². The molecule has 1 aliphatic heterocycles. The largest absolute Gasteiger partial charge is 0.484 e. The number of rotatable bonds is 6. The fourth-order valence-corrected chi connectivity index (χ4v) is 4.31. The Bertz CT molecular complexity index is 1320. The van der Waals surface area contributed by atoms with Gasteiger partial charge in [0, 0.05) is 47.9 Å². The predicted molar refractivity (Wildman–Crippen MR) is 131 cm³/mol. The molecular formula is C26H27N7O. The summed E-state index contributed by atoms with van der Waals surface area (Å²) >= 11 is 0. The summed E-state index contributed by atoms with van der Waals surface area (Å²) < 4.78 is 8.11. The Morgan fingerprint density at radius 1 is 1.26 bits per heavy atom. The number of hydrogen-bond acceptors (Lipinski definition) is 7. The normalized spacial score (nSPS) is 16.2. The summed E-state index contributed by atoms with van der Waals surface area (Å²) in [6.45, 7) is 5.32. The Labute approximate surface area is 199 Å². The lowest BCUT2D eigenvalue weighted by Gasteiger charge is -2.26. The minimum atomic E-state index is -0.338. The zero-order valence-corrected chi connectivity index (χ0v) is 19.3. The Morgan fingerprint density at radius 2 is 2.03 bits per heavy atom. The molecule has 0 saturated carbocycles. The number of allylic oxidation sites excluding steroid dienone is 1. The van der Waals surface area contributed by atoms with E-state index in [1.807, 2.05) is 50.4 Å². The van der Waals surface area contributed by atoms with Gasteiger partial charge in [-0.25, -0.2) is 4.52 Å². The van der Waals surface area contributed by atoms with Crippen LogP contribution in [0.3, 0.4) is 0 Å². The molecule has 1 atom stereocenters. The van der Waals surface area contributed by atoms with Gasteiger partial charge in [0.25, 0.3) is 0 Å². The van der Waals surface area contributed by atoms with Crippen molar-refractivity contribution < 1.29 is 4.74 Å². The van der Waals surface area contributed by atoms with Gasteiger partial charge in [0.1, 0.15) is 17.4 Å². The van der Waals surface area contributed by atoms with Crippen molar-refractivity contribution in [1.29, 1.82) is 10.5 Å². The second-order valence-corrected chi connectivity index (χ2v) is 8.33. The van der Waals surface area contributed by atoms with E-state index >= 15 is 0 Å². The van der Waals surface area contributed by atoms with Gasteiger partial charge in [0.15, 0.2) is 6.19 Å². The van der Waals surface area contributed by atoms with Crippen molar-refractivity contribution in [3.05, 3.63) is 71.7 Å². The highest BCUT2D eigenvalue weighted by atomic mass is 16.5. The molecule has 1 fully saturated rings. The third kappa shape index (κ3) is 4.72. The van der Waals surface area contributed by atoms with E-state index in [-0.39, 0.29) is 12.1 Å². The number of nitriles is 2. The van der Waals surface area contributed by atoms with Gasteiger partial charge in [-0.05, 0) is 44.9 Å². The zero-order chi connectivity index (χ0) is 24.1. The van der Waals surface area contributed by atoms with Crippen molar-refractivity contribution in [1.82, 2.24) is 14.5 Å². The summed E-state index contributed by atoms with van der Waals surface area (Å²) in [6, 6.07) is 13.7. The van der Waals surface area contributed by atoms with Crippen LogP contribution in [0.5, 0.6) is 5.75 Å². The maximum atomic E-state index is 9.47. The molecular weight excluding hydrogens is 426 g/mol. The smallest absolute Gasteiger partial charge is 0.179 e. The van der Waals surface area contributed by atoms with Crippen LogP contribution in [0.15, 0.2) is 60.0 Å². The first kappa shape index (κ1) is 22.9. The van der Waals surface area contributed by atoms with Gasteiger partial charge in [-0.1, -0.05) is 18.2 Å². The molecule has 0 spiro atoms. The van der Waals surface area contributed by atoms with E-state index in [2.05, 4.69) is 17.4 Å². The molecule has 0 radical (unpaired) electrons. The van der Waals surface area contributed by atoms with E-state index in [1.165, 1.54) is 0 Å². The van der Waals surface area contributed by atoms with E-state index in [9.17, 15) is 5.26 Å². The lowest BCUT2D eigenvalue weighted by molar-refractivity contribution is 0.228. The standard InChI is InChI=1S/C26H27N7O/c1-18(31-22-8-11-32(17-29)12-9-22)24(15-28)21-13-26(25-7-10-30-33(25)16-21)34-19(2)23-6-4-3-5-20(23)14-27/h3-7,10,13,15-16,19,22H,8-9,11-12,28H2,1-2H3/b24-15+,31-18?. The highest BCUT2D eigenvalue weighted by Crippen LogP contribution is 2.31. The third-order valence-electron chi connectivity index (χ3n) is 6.14.